The third kappa shape index (κ3) is 4.64. The fourth-order valence-electron chi connectivity index (χ4n) is 2.57. The molecule has 0 aliphatic carbocycles. The quantitative estimate of drug-likeness (QED) is 0.624. The largest absolute Gasteiger partial charge is 0.459 e. The molecule has 0 aliphatic rings. The molecular formula is C21H19N3O4. The van der Waals surface area contributed by atoms with E-state index < -0.39 is 0 Å². The topological polar surface area (TPSA) is 100 Å². The van der Waals surface area contributed by atoms with Crippen molar-refractivity contribution < 1.29 is 18.8 Å². The van der Waals surface area contributed by atoms with Gasteiger partial charge in [-0.25, -0.2) is 0 Å². The molecule has 0 aliphatic heterocycles. The van der Waals surface area contributed by atoms with Crippen LogP contribution in [-0.4, -0.2) is 17.7 Å². The van der Waals surface area contributed by atoms with Crippen molar-refractivity contribution in [3.8, 4) is 0 Å². The van der Waals surface area contributed by atoms with Crippen LogP contribution in [0.2, 0.25) is 0 Å². The van der Waals surface area contributed by atoms with Gasteiger partial charge in [0, 0.05) is 29.5 Å². The van der Waals surface area contributed by atoms with Gasteiger partial charge in [0.25, 0.3) is 11.8 Å². The van der Waals surface area contributed by atoms with Gasteiger partial charge in [-0.05, 0) is 55.0 Å². The first kappa shape index (κ1) is 18.9. The molecule has 0 spiro atoms. The molecule has 3 N–H and O–H groups in total. The van der Waals surface area contributed by atoms with Crippen LogP contribution in [0.3, 0.4) is 0 Å². The van der Waals surface area contributed by atoms with E-state index in [2.05, 4.69) is 16.0 Å². The van der Waals surface area contributed by atoms with Crippen LogP contribution >= 0.6 is 0 Å². The minimum Gasteiger partial charge on any atom is -0.459 e. The molecule has 1 heterocycles. The molecular weight excluding hydrogens is 358 g/mol. The van der Waals surface area contributed by atoms with Gasteiger partial charge in [0.2, 0.25) is 5.91 Å². The van der Waals surface area contributed by atoms with Gasteiger partial charge in [0.05, 0.1) is 6.26 Å². The summed E-state index contributed by atoms with van der Waals surface area (Å²) in [5, 5.41) is 8.19. The molecule has 7 nitrogen and oxygen atoms in total. The van der Waals surface area contributed by atoms with Crippen molar-refractivity contribution in [2.45, 2.75) is 13.8 Å². The van der Waals surface area contributed by atoms with Gasteiger partial charge in [0.1, 0.15) is 0 Å². The fraction of sp³-hybridized carbons (Fsp3) is 0.0952. The molecule has 28 heavy (non-hydrogen) atoms. The molecule has 1 aromatic heterocycles. The summed E-state index contributed by atoms with van der Waals surface area (Å²) in [4.78, 5) is 35.9. The molecule has 0 atom stereocenters. The standard InChI is InChI=1S/C21H19N3O4/c1-13-8-9-15(11-18(13)22-14(2)25)20(26)23-16-5-3-6-17(12-16)24-21(27)19-7-4-10-28-19/h3-12H,1-2H3,(H,22,25)(H,23,26)(H,24,27). The number of benzene rings is 2. The zero-order valence-electron chi connectivity index (χ0n) is 15.4. The minimum absolute atomic E-state index is 0.194. The van der Waals surface area contributed by atoms with Gasteiger partial charge in [-0.15, -0.1) is 0 Å². The summed E-state index contributed by atoms with van der Waals surface area (Å²) in [7, 11) is 0. The van der Waals surface area contributed by atoms with Crippen LogP contribution in [0.1, 0.15) is 33.4 Å². The van der Waals surface area contributed by atoms with Crippen LogP contribution < -0.4 is 16.0 Å². The number of carbonyl (C=O) groups is 3. The first-order valence-electron chi connectivity index (χ1n) is 8.57. The van der Waals surface area contributed by atoms with Crippen molar-refractivity contribution in [2.24, 2.45) is 0 Å². The Morgan fingerprint density at radius 2 is 1.54 bits per heavy atom. The number of anilines is 3. The molecule has 0 bridgehead atoms. The van der Waals surface area contributed by atoms with Gasteiger partial charge >= 0.3 is 0 Å². The van der Waals surface area contributed by atoms with E-state index in [4.69, 9.17) is 4.42 Å². The number of rotatable bonds is 5. The summed E-state index contributed by atoms with van der Waals surface area (Å²) in [6.45, 7) is 3.26. The van der Waals surface area contributed by atoms with Crippen LogP contribution in [0.25, 0.3) is 0 Å². The van der Waals surface area contributed by atoms with E-state index in [1.165, 1.54) is 13.2 Å². The molecule has 2 aromatic carbocycles. The van der Waals surface area contributed by atoms with Crippen LogP contribution in [0.4, 0.5) is 17.1 Å². The lowest BCUT2D eigenvalue weighted by Crippen LogP contribution is -2.14. The van der Waals surface area contributed by atoms with Gasteiger partial charge in [0.15, 0.2) is 5.76 Å². The Bertz CT molecular complexity index is 1030. The number of hydrogen-bond donors (Lipinski definition) is 3. The maximum absolute atomic E-state index is 12.6. The van der Waals surface area contributed by atoms with E-state index in [9.17, 15) is 14.4 Å². The van der Waals surface area contributed by atoms with Crippen molar-refractivity contribution in [3.63, 3.8) is 0 Å². The Hall–Kier alpha value is -3.87. The second-order valence-corrected chi connectivity index (χ2v) is 6.18. The first-order valence-corrected chi connectivity index (χ1v) is 8.57. The Kier molecular flexibility index (Phi) is 5.55. The molecule has 3 rings (SSSR count). The van der Waals surface area contributed by atoms with E-state index in [1.807, 2.05) is 6.92 Å². The van der Waals surface area contributed by atoms with Gasteiger partial charge in [-0.3, -0.25) is 14.4 Å². The van der Waals surface area contributed by atoms with Crippen molar-refractivity contribution in [3.05, 3.63) is 77.7 Å². The number of amides is 3. The highest BCUT2D eigenvalue weighted by Crippen LogP contribution is 2.20. The van der Waals surface area contributed by atoms with Crippen molar-refractivity contribution in [1.29, 1.82) is 0 Å². The lowest BCUT2D eigenvalue weighted by molar-refractivity contribution is -0.114. The highest BCUT2D eigenvalue weighted by atomic mass is 16.3. The number of aryl methyl sites for hydroxylation is 1. The summed E-state index contributed by atoms with van der Waals surface area (Å²) in [6, 6.07) is 15.0. The van der Waals surface area contributed by atoms with E-state index in [1.54, 1.807) is 54.6 Å². The summed E-state index contributed by atoms with van der Waals surface area (Å²) in [6.07, 6.45) is 1.42. The summed E-state index contributed by atoms with van der Waals surface area (Å²) < 4.78 is 5.06. The average molecular weight is 377 g/mol. The number of furan rings is 1. The van der Waals surface area contributed by atoms with Crippen molar-refractivity contribution >= 4 is 34.8 Å². The van der Waals surface area contributed by atoms with E-state index in [-0.39, 0.29) is 23.5 Å². The number of nitrogens with one attached hydrogen (secondary N) is 3. The fourth-order valence-corrected chi connectivity index (χ4v) is 2.57. The molecule has 0 saturated carbocycles. The van der Waals surface area contributed by atoms with Crippen molar-refractivity contribution in [2.75, 3.05) is 16.0 Å². The molecule has 0 radical (unpaired) electrons. The maximum atomic E-state index is 12.6. The van der Waals surface area contributed by atoms with Crippen LogP contribution in [0.5, 0.6) is 0 Å². The van der Waals surface area contributed by atoms with Gasteiger partial charge in [-0.2, -0.15) is 0 Å². The smallest absolute Gasteiger partial charge is 0.291 e. The Morgan fingerprint density at radius 1 is 0.821 bits per heavy atom. The van der Waals surface area contributed by atoms with Gasteiger partial charge < -0.3 is 20.4 Å². The second kappa shape index (κ2) is 8.22. The minimum atomic E-state index is -0.382. The third-order valence-electron chi connectivity index (χ3n) is 3.93. The maximum Gasteiger partial charge on any atom is 0.291 e. The monoisotopic (exact) mass is 377 g/mol. The highest BCUT2D eigenvalue weighted by Gasteiger charge is 2.11. The lowest BCUT2D eigenvalue weighted by Gasteiger charge is -2.11. The molecule has 0 fully saturated rings. The van der Waals surface area contributed by atoms with Crippen LogP contribution in [0.15, 0.2) is 65.3 Å². The van der Waals surface area contributed by atoms with E-state index >= 15 is 0 Å². The van der Waals surface area contributed by atoms with Gasteiger partial charge in [-0.1, -0.05) is 12.1 Å². The predicted octanol–water partition coefficient (Wildman–Crippen LogP) is 4.05. The van der Waals surface area contributed by atoms with E-state index in [0.29, 0.717) is 22.6 Å². The zero-order chi connectivity index (χ0) is 20.1. The Balaban J connectivity index is 1.72. The van der Waals surface area contributed by atoms with E-state index in [0.717, 1.165) is 5.56 Å². The Morgan fingerprint density at radius 3 is 2.18 bits per heavy atom. The highest BCUT2D eigenvalue weighted by molar-refractivity contribution is 6.06. The summed E-state index contributed by atoms with van der Waals surface area (Å²) in [5.74, 6) is -0.728. The molecule has 0 unspecified atom stereocenters. The molecule has 142 valence electrons. The van der Waals surface area contributed by atoms with Crippen LogP contribution in [0, 0.1) is 6.92 Å². The normalized spacial score (nSPS) is 10.2. The molecule has 3 aromatic rings. The summed E-state index contributed by atoms with van der Waals surface area (Å²) in [5.41, 5.74) is 2.87. The number of hydrogen-bond acceptors (Lipinski definition) is 4. The SMILES string of the molecule is CC(=O)Nc1cc(C(=O)Nc2cccc(NC(=O)c3ccco3)c2)ccc1C. The molecule has 7 heteroatoms. The first-order chi connectivity index (χ1) is 13.4. The average Bonchev–Trinajstić information content (AvgIpc) is 3.18. The molecule has 3 amide bonds. The Labute approximate surface area is 161 Å². The summed E-state index contributed by atoms with van der Waals surface area (Å²) >= 11 is 0. The predicted molar refractivity (Wildman–Crippen MR) is 107 cm³/mol. The van der Waals surface area contributed by atoms with Crippen LogP contribution in [-0.2, 0) is 4.79 Å². The zero-order valence-corrected chi connectivity index (χ0v) is 15.4. The third-order valence-corrected chi connectivity index (χ3v) is 3.93. The second-order valence-electron chi connectivity index (χ2n) is 6.18. The lowest BCUT2D eigenvalue weighted by atomic mass is 10.1. The van der Waals surface area contributed by atoms with Crippen molar-refractivity contribution in [1.82, 2.24) is 0 Å². The number of carbonyl (C=O) groups excluding carboxylic acids is 3. The molecule has 0 saturated heterocycles.